The van der Waals surface area contributed by atoms with E-state index < -0.39 is 0 Å². The van der Waals surface area contributed by atoms with Crippen molar-refractivity contribution < 1.29 is 4.79 Å². The van der Waals surface area contributed by atoms with Crippen LogP contribution in [0, 0.1) is 20.8 Å². The second-order valence-electron chi connectivity index (χ2n) is 8.72. The number of hydrogen-bond acceptors (Lipinski definition) is 4. The zero-order valence-corrected chi connectivity index (χ0v) is 19.7. The third kappa shape index (κ3) is 4.08. The molecule has 0 bridgehead atoms. The molecule has 1 fully saturated rings. The van der Waals surface area contributed by atoms with E-state index in [1.165, 1.54) is 16.7 Å². The summed E-state index contributed by atoms with van der Waals surface area (Å²) in [5, 5.41) is 5.79. The molecule has 1 aliphatic rings. The highest BCUT2D eigenvalue weighted by molar-refractivity contribution is 7.20. The van der Waals surface area contributed by atoms with Crippen molar-refractivity contribution >= 4 is 27.5 Å². The van der Waals surface area contributed by atoms with Crippen molar-refractivity contribution in [1.82, 2.24) is 19.6 Å². The molecule has 0 atom stereocenters. The van der Waals surface area contributed by atoms with Crippen LogP contribution in [0.5, 0.6) is 0 Å². The molecule has 6 heteroatoms. The minimum atomic E-state index is 0.136. The van der Waals surface area contributed by atoms with E-state index in [4.69, 9.17) is 5.10 Å². The minimum absolute atomic E-state index is 0.136. The number of nitrogens with zero attached hydrogens (tertiary/aromatic N) is 4. The maximum atomic E-state index is 13.3. The van der Waals surface area contributed by atoms with Crippen LogP contribution < -0.4 is 0 Å². The van der Waals surface area contributed by atoms with Crippen LogP contribution in [-0.2, 0) is 6.54 Å². The zero-order valence-electron chi connectivity index (χ0n) is 18.8. The van der Waals surface area contributed by atoms with E-state index in [9.17, 15) is 4.79 Å². The summed E-state index contributed by atoms with van der Waals surface area (Å²) in [4.78, 5) is 19.5. The molecule has 1 amide bonds. The van der Waals surface area contributed by atoms with Gasteiger partial charge in [-0.15, -0.1) is 11.3 Å². The maximum Gasteiger partial charge on any atom is 0.264 e. The minimum Gasteiger partial charge on any atom is -0.335 e. The first kappa shape index (κ1) is 20.9. The number of fused-ring (bicyclic) bond motifs is 1. The summed E-state index contributed by atoms with van der Waals surface area (Å²) in [5.41, 5.74) is 5.80. The number of aromatic nitrogens is 2. The first-order valence-electron chi connectivity index (χ1n) is 11.1. The van der Waals surface area contributed by atoms with Crippen LogP contribution in [0.15, 0.2) is 54.6 Å². The Kier molecular flexibility index (Phi) is 5.57. The fourth-order valence-electron chi connectivity index (χ4n) is 4.30. The standard InChI is InChI=1S/C26H28N4OS/c1-18-7-9-21(10-8-18)17-28-11-13-29(14-12-28)25(31)24-16-23-20(3)27-30(26(23)32-24)22-6-4-5-19(2)15-22/h4-10,15-16H,11-14,17H2,1-3H3. The van der Waals surface area contributed by atoms with Gasteiger partial charge in [-0.1, -0.05) is 42.0 Å². The second kappa shape index (κ2) is 8.52. The van der Waals surface area contributed by atoms with Crippen molar-refractivity contribution in [3.8, 4) is 5.69 Å². The van der Waals surface area contributed by atoms with E-state index in [-0.39, 0.29) is 5.91 Å². The van der Waals surface area contributed by atoms with E-state index >= 15 is 0 Å². The van der Waals surface area contributed by atoms with Crippen molar-refractivity contribution in [1.29, 1.82) is 0 Å². The molecule has 1 saturated heterocycles. The van der Waals surface area contributed by atoms with E-state index in [1.54, 1.807) is 11.3 Å². The summed E-state index contributed by atoms with van der Waals surface area (Å²) < 4.78 is 1.97. The van der Waals surface area contributed by atoms with Crippen LogP contribution in [0.3, 0.4) is 0 Å². The van der Waals surface area contributed by atoms with Gasteiger partial charge in [0.05, 0.1) is 16.3 Å². The van der Waals surface area contributed by atoms with Gasteiger partial charge in [0.15, 0.2) is 0 Å². The fourth-order valence-corrected chi connectivity index (χ4v) is 5.45. The molecule has 1 aliphatic heterocycles. The zero-order chi connectivity index (χ0) is 22.2. The lowest BCUT2D eigenvalue weighted by atomic mass is 10.1. The molecule has 0 saturated carbocycles. The second-order valence-corrected chi connectivity index (χ2v) is 9.75. The molecule has 0 spiro atoms. The summed E-state index contributed by atoms with van der Waals surface area (Å²) in [6, 6.07) is 19.1. The normalized spacial score (nSPS) is 14.9. The Balaban J connectivity index is 1.30. The Morgan fingerprint density at radius 3 is 2.41 bits per heavy atom. The Hall–Kier alpha value is -2.96. The molecule has 0 radical (unpaired) electrons. The van der Waals surface area contributed by atoms with Crippen LogP contribution in [0.1, 0.15) is 32.1 Å². The van der Waals surface area contributed by atoms with Gasteiger partial charge >= 0.3 is 0 Å². The quantitative estimate of drug-likeness (QED) is 0.446. The lowest BCUT2D eigenvalue weighted by molar-refractivity contribution is 0.0633. The highest BCUT2D eigenvalue weighted by Gasteiger charge is 2.25. The van der Waals surface area contributed by atoms with Gasteiger partial charge in [0, 0.05) is 38.1 Å². The molecule has 2 aromatic carbocycles. The fraction of sp³-hybridized carbons (Fsp3) is 0.308. The van der Waals surface area contributed by atoms with Gasteiger partial charge in [0.2, 0.25) is 0 Å². The molecular formula is C26H28N4OS. The molecule has 4 aromatic rings. The number of thiophene rings is 1. The van der Waals surface area contributed by atoms with Gasteiger partial charge in [-0.05, 0) is 50.1 Å². The van der Waals surface area contributed by atoms with Crippen LogP contribution in [0.25, 0.3) is 15.9 Å². The van der Waals surface area contributed by atoms with E-state index in [0.29, 0.717) is 0 Å². The van der Waals surface area contributed by atoms with Crippen LogP contribution in [0.4, 0.5) is 0 Å². The van der Waals surface area contributed by atoms with Crippen molar-refractivity contribution in [3.05, 3.63) is 81.9 Å². The Morgan fingerprint density at radius 2 is 1.69 bits per heavy atom. The van der Waals surface area contributed by atoms with Gasteiger partial charge in [-0.3, -0.25) is 9.69 Å². The predicted molar refractivity (Wildman–Crippen MR) is 131 cm³/mol. The van der Waals surface area contributed by atoms with Gasteiger partial charge in [0.1, 0.15) is 4.83 Å². The lowest BCUT2D eigenvalue weighted by Crippen LogP contribution is -2.48. The van der Waals surface area contributed by atoms with Gasteiger partial charge in [-0.25, -0.2) is 4.68 Å². The Bertz CT molecular complexity index is 1260. The molecule has 0 aliphatic carbocycles. The SMILES string of the molecule is Cc1ccc(CN2CCN(C(=O)c3cc4c(C)nn(-c5cccc(C)c5)c4s3)CC2)cc1. The summed E-state index contributed by atoms with van der Waals surface area (Å²) >= 11 is 1.55. The highest BCUT2D eigenvalue weighted by Crippen LogP contribution is 2.31. The number of carbonyl (C=O) groups excluding carboxylic acids is 1. The van der Waals surface area contributed by atoms with Gasteiger partial charge in [-0.2, -0.15) is 5.10 Å². The van der Waals surface area contributed by atoms with E-state index in [1.807, 2.05) is 28.6 Å². The van der Waals surface area contributed by atoms with Crippen molar-refractivity contribution in [2.75, 3.05) is 26.2 Å². The predicted octanol–water partition coefficient (Wildman–Crippen LogP) is 4.97. The third-order valence-electron chi connectivity index (χ3n) is 6.19. The molecule has 5 nitrogen and oxygen atoms in total. The molecular weight excluding hydrogens is 416 g/mol. The number of carbonyl (C=O) groups is 1. The third-order valence-corrected chi connectivity index (χ3v) is 7.29. The number of rotatable bonds is 4. The van der Waals surface area contributed by atoms with Gasteiger partial charge in [0.25, 0.3) is 5.91 Å². The van der Waals surface area contributed by atoms with Crippen LogP contribution >= 0.6 is 11.3 Å². The summed E-state index contributed by atoms with van der Waals surface area (Å²) in [6.45, 7) is 10.5. The maximum absolute atomic E-state index is 13.3. The van der Waals surface area contributed by atoms with E-state index in [2.05, 4.69) is 61.2 Å². The highest BCUT2D eigenvalue weighted by atomic mass is 32.1. The average Bonchev–Trinajstić information content (AvgIpc) is 3.36. The number of benzene rings is 2. The topological polar surface area (TPSA) is 41.4 Å². The summed E-state index contributed by atoms with van der Waals surface area (Å²) in [7, 11) is 0. The molecule has 3 heterocycles. The number of piperazine rings is 1. The monoisotopic (exact) mass is 444 g/mol. The van der Waals surface area contributed by atoms with Crippen molar-refractivity contribution in [3.63, 3.8) is 0 Å². The van der Waals surface area contributed by atoms with Gasteiger partial charge < -0.3 is 4.90 Å². The molecule has 0 N–H and O–H groups in total. The molecule has 32 heavy (non-hydrogen) atoms. The smallest absolute Gasteiger partial charge is 0.264 e. The molecule has 164 valence electrons. The number of hydrogen-bond donors (Lipinski definition) is 0. The van der Waals surface area contributed by atoms with Crippen LogP contribution in [-0.4, -0.2) is 51.7 Å². The Labute approximate surface area is 192 Å². The average molecular weight is 445 g/mol. The number of aryl methyl sites for hydroxylation is 3. The molecule has 0 unspecified atom stereocenters. The summed E-state index contributed by atoms with van der Waals surface area (Å²) in [5.74, 6) is 0.136. The van der Waals surface area contributed by atoms with Crippen molar-refractivity contribution in [2.45, 2.75) is 27.3 Å². The largest absolute Gasteiger partial charge is 0.335 e. The molecule has 2 aromatic heterocycles. The van der Waals surface area contributed by atoms with E-state index in [0.717, 1.165) is 59.2 Å². The lowest BCUT2D eigenvalue weighted by Gasteiger charge is -2.34. The Morgan fingerprint density at radius 1 is 0.938 bits per heavy atom. The molecule has 5 rings (SSSR count). The number of amides is 1. The van der Waals surface area contributed by atoms with Crippen molar-refractivity contribution in [2.24, 2.45) is 0 Å². The summed E-state index contributed by atoms with van der Waals surface area (Å²) in [6.07, 6.45) is 0. The first-order valence-corrected chi connectivity index (χ1v) is 11.9. The van der Waals surface area contributed by atoms with Crippen LogP contribution in [0.2, 0.25) is 0 Å². The first-order chi connectivity index (χ1) is 15.5.